The number of fused-ring (bicyclic) bond motifs is 1. The van der Waals surface area contributed by atoms with Crippen LogP contribution in [-0.4, -0.2) is 52.2 Å². The summed E-state index contributed by atoms with van der Waals surface area (Å²) in [6.07, 6.45) is 4.67. The van der Waals surface area contributed by atoms with Crippen molar-refractivity contribution in [2.24, 2.45) is 0 Å². The lowest BCUT2D eigenvalue weighted by Gasteiger charge is -2.45. The van der Waals surface area contributed by atoms with Crippen LogP contribution in [0.1, 0.15) is 26.5 Å². The zero-order chi connectivity index (χ0) is 23.1. The quantitative estimate of drug-likeness (QED) is 0.423. The van der Waals surface area contributed by atoms with Gasteiger partial charge in [-0.25, -0.2) is 18.0 Å². The summed E-state index contributed by atoms with van der Waals surface area (Å²) in [4.78, 5) is 40.8. The number of sulfone groups is 1. The Morgan fingerprint density at radius 3 is 2.52 bits per heavy atom. The van der Waals surface area contributed by atoms with Gasteiger partial charge >= 0.3 is 11.9 Å². The monoisotopic (exact) mass is 444 g/mol. The average molecular weight is 444 g/mol. The number of hydrogen-bond acceptors (Lipinski definition) is 7. The second kappa shape index (κ2) is 7.62. The summed E-state index contributed by atoms with van der Waals surface area (Å²) >= 11 is 0. The van der Waals surface area contributed by atoms with Gasteiger partial charge in [-0.3, -0.25) is 14.7 Å². The maximum absolute atomic E-state index is 13.0. The van der Waals surface area contributed by atoms with E-state index in [1.807, 2.05) is 0 Å². The van der Waals surface area contributed by atoms with E-state index in [2.05, 4.69) is 11.6 Å². The molecule has 3 rings (SSSR count). The Hall–Kier alpha value is -3.53. The molecule has 31 heavy (non-hydrogen) atoms. The molecular formula is C21H20N2O7S. The van der Waals surface area contributed by atoms with Gasteiger partial charge in [-0.15, -0.1) is 0 Å². The molecule has 0 spiro atoms. The molecule has 1 aromatic rings. The zero-order valence-electron chi connectivity index (χ0n) is 17.0. The van der Waals surface area contributed by atoms with Crippen LogP contribution in [0.5, 0.6) is 0 Å². The number of allylic oxidation sites excluding steroid dienone is 2. The lowest BCUT2D eigenvalue weighted by atomic mass is 10.00. The molecule has 10 heteroatoms. The molecule has 0 radical (unpaired) electrons. The van der Waals surface area contributed by atoms with Gasteiger partial charge in [0.25, 0.3) is 5.91 Å². The third-order valence-electron chi connectivity index (χ3n) is 4.39. The van der Waals surface area contributed by atoms with E-state index in [4.69, 9.17) is 4.74 Å². The number of aliphatic carboxylic acids is 1. The number of carboxylic acid groups (broad SMARTS) is 1. The average Bonchev–Trinajstić information content (AvgIpc) is 2.66. The fourth-order valence-corrected chi connectivity index (χ4v) is 4.85. The number of rotatable bonds is 4. The molecule has 1 amide bonds. The van der Waals surface area contributed by atoms with Crippen molar-refractivity contribution in [2.45, 2.75) is 31.7 Å². The highest BCUT2D eigenvalue weighted by Gasteiger charge is 2.57. The summed E-state index contributed by atoms with van der Waals surface area (Å²) in [5, 5.41) is 8.17. The van der Waals surface area contributed by atoms with Crippen LogP contribution in [0.3, 0.4) is 0 Å². The molecule has 0 aromatic carbocycles. The molecule has 2 aliphatic rings. The lowest BCUT2D eigenvalue weighted by molar-refractivity contribution is -0.148. The molecular weight excluding hydrogens is 424 g/mol. The Balaban J connectivity index is 2.08. The molecule has 3 heterocycles. The topological polar surface area (TPSA) is 131 Å². The maximum Gasteiger partial charge on any atom is 0.353 e. The number of carboxylic acids is 1. The Morgan fingerprint density at radius 2 is 1.97 bits per heavy atom. The molecule has 2 aliphatic heterocycles. The van der Waals surface area contributed by atoms with Crippen LogP contribution in [0.2, 0.25) is 0 Å². The van der Waals surface area contributed by atoms with E-state index in [1.54, 1.807) is 39.0 Å². The number of amides is 1. The normalized spacial score (nSPS) is 21.8. The van der Waals surface area contributed by atoms with E-state index in [9.17, 15) is 27.9 Å². The molecule has 9 nitrogen and oxygen atoms in total. The van der Waals surface area contributed by atoms with Crippen molar-refractivity contribution in [1.29, 1.82) is 0 Å². The van der Waals surface area contributed by atoms with Crippen LogP contribution in [0, 0.1) is 0 Å². The van der Waals surface area contributed by atoms with Gasteiger partial charge in [-0.05, 0) is 45.1 Å². The highest BCUT2D eigenvalue weighted by atomic mass is 32.2. The summed E-state index contributed by atoms with van der Waals surface area (Å²) < 4.78 is 31.2. The van der Waals surface area contributed by atoms with Crippen LogP contribution in [0.15, 0.2) is 64.9 Å². The number of β-lactam (4-membered cyclic amide) rings is 1. The summed E-state index contributed by atoms with van der Waals surface area (Å²) in [5.74, 6) is -3.12. The first-order valence-electron chi connectivity index (χ1n) is 9.12. The molecule has 1 unspecified atom stereocenters. The second-order valence-corrected chi connectivity index (χ2v) is 9.81. The standard InChI is InChI=1S/C21H20N2O7S/c1-12-14(8-9-16(24)30-21(2,3)4)17(20(26)27)23-18(25)15(19(23)31(12,28)29)11-13-7-5-6-10-22-13/h5-11,19H,1H2,2-4H3,(H,26,27)/b9-8+,15-11-. The Bertz CT molecular complexity index is 1190. The molecule has 1 aromatic heterocycles. The van der Waals surface area contributed by atoms with Crippen molar-refractivity contribution in [3.05, 3.63) is 70.6 Å². The number of aromatic nitrogens is 1. The minimum atomic E-state index is -4.21. The van der Waals surface area contributed by atoms with Crippen LogP contribution in [0.4, 0.5) is 0 Å². The number of esters is 1. The highest BCUT2D eigenvalue weighted by Crippen LogP contribution is 2.45. The van der Waals surface area contributed by atoms with Crippen molar-refractivity contribution >= 4 is 33.8 Å². The summed E-state index contributed by atoms with van der Waals surface area (Å²) in [5.41, 5.74) is -1.51. The van der Waals surface area contributed by atoms with E-state index in [-0.39, 0.29) is 11.1 Å². The predicted molar refractivity (Wildman–Crippen MR) is 111 cm³/mol. The van der Waals surface area contributed by atoms with Gasteiger partial charge in [-0.2, -0.15) is 0 Å². The summed E-state index contributed by atoms with van der Waals surface area (Å²) in [6, 6.07) is 4.90. The summed E-state index contributed by atoms with van der Waals surface area (Å²) in [7, 11) is -4.21. The Morgan fingerprint density at radius 1 is 1.29 bits per heavy atom. The van der Waals surface area contributed by atoms with Crippen LogP contribution >= 0.6 is 0 Å². The minimum absolute atomic E-state index is 0.117. The van der Waals surface area contributed by atoms with Gasteiger partial charge in [0.15, 0.2) is 5.37 Å². The van der Waals surface area contributed by atoms with Gasteiger partial charge in [0, 0.05) is 17.8 Å². The molecule has 1 fully saturated rings. The van der Waals surface area contributed by atoms with Gasteiger partial charge in [0.05, 0.1) is 16.2 Å². The smallest absolute Gasteiger partial charge is 0.353 e. The van der Waals surface area contributed by atoms with Crippen LogP contribution < -0.4 is 0 Å². The molecule has 0 saturated carbocycles. The zero-order valence-corrected chi connectivity index (χ0v) is 17.8. The fourth-order valence-electron chi connectivity index (χ4n) is 3.13. The van der Waals surface area contributed by atoms with Gasteiger partial charge in [-0.1, -0.05) is 12.6 Å². The second-order valence-electron chi connectivity index (χ2n) is 7.78. The summed E-state index contributed by atoms with van der Waals surface area (Å²) in [6.45, 7) is 8.45. The van der Waals surface area contributed by atoms with Gasteiger partial charge in [0.2, 0.25) is 9.84 Å². The third kappa shape index (κ3) is 4.06. The fraction of sp³-hybridized carbons (Fsp3) is 0.238. The number of ether oxygens (including phenoxy) is 1. The molecule has 0 aliphatic carbocycles. The highest BCUT2D eigenvalue weighted by molar-refractivity contribution is 7.96. The minimum Gasteiger partial charge on any atom is -0.477 e. The van der Waals surface area contributed by atoms with Crippen molar-refractivity contribution in [3.8, 4) is 0 Å². The number of nitrogens with zero attached hydrogens (tertiary/aromatic N) is 2. The van der Waals surface area contributed by atoms with E-state index in [0.29, 0.717) is 10.6 Å². The van der Waals surface area contributed by atoms with Crippen molar-refractivity contribution < 1.29 is 32.6 Å². The SMILES string of the molecule is C=C1C(/C=C/C(=O)OC(C)(C)C)=C(C(=O)O)N2C(=O)/C(=C/c3ccccn3)C2S1(=O)=O. The molecule has 1 atom stereocenters. The van der Waals surface area contributed by atoms with Gasteiger partial charge < -0.3 is 9.84 Å². The van der Waals surface area contributed by atoms with Gasteiger partial charge in [0.1, 0.15) is 11.3 Å². The largest absolute Gasteiger partial charge is 0.477 e. The van der Waals surface area contributed by atoms with E-state index >= 15 is 0 Å². The van der Waals surface area contributed by atoms with Crippen LogP contribution in [0.25, 0.3) is 6.08 Å². The van der Waals surface area contributed by atoms with Crippen molar-refractivity contribution in [1.82, 2.24) is 9.88 Å². The van der Waals surface area contributed by atoms with E-state index in [0.717, 1.165) is 12.2 Å². The number of carbonyl (C=O) groups excluding carboxylic acids is 2. The van der Waals surface area contributed by atoms with E-state index in [1.165, 1.54) is 12.3 Å². The maximum atomic E-state index is 13.0. The first kappa shape index (κ1) is 22.2. The van der Waals surface area contributed by atoms with Crippen molar-refractivity contribution in [2.75, 3.05) is 0 Å². The Labute approximate surface area is 178 Å². The van der Waals surface area contributed by atoms with Crippen molar-refractivity contribution in [3.63, 3.8) is 0 Å². The van der Waals surface area contributed by atoms with Crippen LogP contribution in [-0.2, 0) is 29.0 Å². The number of pyridine rings is 1. The molecule has 162 valence electrons. The number of hydrogen-bond donors (Lipinski definition) is 1. The molecule has 1 N–H and O–H groups in total. The van der Waals surface area contributed by atoms with E-state index < -0.39 is 49.3 Å². The first-order valence-corrected chi connectivity index (χ1v) is 10.7. The lowest BCUT2D eigenvalue weighted by Crippen LogP contribution is -2.61. The molecule has 0 bridgehead atoms. The number of carbonyl (C=O) groups is 3. The third-order valence-corrected chi connectivity index (χ3v) is 6.35. The first-order chi connectivity index (χ1) is 14.3. The molecule has 1 saturated heterocycles. The Kier molecular flexibility index (Phi) is 5.45. The predicted octanol–water partition coefficient (Wildman–Crippen LogP) is 1.81.